The number of nitrogens with one attached hydrogen (secondary N) is 2. The molecule has 3 aromatic rings. The van der Waals surface area contributed by atoms with Crippen molar-refractivity contribution in [1.29, 1.82) is 0 Å². The summed E-state index contributed by atoms with van der Waals surface area (Å²) >= 11 is 0. The Morgan fingerprint density at radius 2 is 1.52 bits per heavy atom. The predicted octanol–water partition coefficient (Wildman–Crippen LogP) is 4.10. The summed E-state index contributed by atoms with van der Waals surface area (Å²) in [5.41, 5.74) is 2.55. The summed E-state index contributed by atoms with van der Waals surface area (Å²) in [6.07, 6.45) is 2.99. The summed E-state index contributed by atoms with van der Waals surface area (Å²) in [4.78, 5) is 12.1. The van der Waals surface area contributed by atoms with Crippen LogP contribution in [0.2, 0.25) is 0 Å². The van der Waals surface area contributed by atoms with Crippen molar-refractivity contribution in [1.82, 2.24) is 10.6 Å². The van der Waals surface area contributed by atoms with E-state index in [1.54, 1.807) is 6.26 Å². The summed E-state index contributed by atoms with van der Waals surface area (Å²) in [6, 6.07) is 24.7. The molecule has 1 aromatic heterocycles. The predicted molar refractivity (Wildman–Crippen MR) is 107 cm³/mol. The molecule has 0 unspecified atom stereocenters. The Kier molecular flexibility index (Phi) is 7.25. The Morgan fingerprint density at radius 1 is 0.852 bits per heavy atom. The first-order valence-electron chi connectivity index (χ1n) is 9.42. The standard InChI is InChI=1S/C23H26N2O2/c26-23(14-15-24-18-21-12-7-17-27-21)25-16-13-22(19-8-3-1-4-9-19)20-10-5-2-6-11-20/h1-12,17,22,24H,13-16,18H2,(H,25,26). The number of carbonyl (C=O) groups excluding carboxylic acids is 1. The molecule has 27 heavy (non-hydrogen) atoms. The third-order valence-electron chi connectivity index (χ3n) is 4.57. The Morgan fingerprint density at radius 3 is 2.11 bits per heavy atom. The van der Waals surface area contributed by atoms with Crippen LogP contribution in [0, 0.1) is 0 Å². The van der Waals surface area contributed by atoms with Gasteiger partial charge in [-0.15, -0.1) is 0 Å². The van der Waals surface area contributed by atoms with E-state index in [9.17, 15) is 4.79 Å². The van der Waals surface area contributed by atoms with Crippen LogP contribution in [-0.2, 0) is 11.3 Å². The highest BCUT2D eigenvalue weighted by atomic mass is 16.3. The monoisotopic (exact) mass is 362 g/mol. The van der Waals surface area contributed by atoms with Crippen molar-refractivity contribution in [2.24, 2.45) is 0 Å². The number of benzene rings is 2. The smallest absolute Gasteiger partial charge is 0.221 e. The number of hydrogen-bond donors (Lipinski definition) is 2. The van der Waals surface area contributed by atoms with Crippen LogP contribution in [-0.4, -0.2) is 19.0 Å². The number of hydrogen-bond acceptors (Lipinski definition) is 3. The highest BCUT2D eigenvalue weighted by Gasteiger charge is 2.14. The van der Waals surface area contributed by atoms with Crippen LogP contribution in [0.15, 0.2) is 83.5 Å². The van der Waals surface area contributed by atoms with E-state index in [-0.39, 0.29) is 11.8 Å². The lowest BCUT2D eigenvalue weighted by molar-refractivity contribution is -0.121. The zero-order valence-electron chi connectivity index (χ0n) is 15.4. The van der Waals surface area contributed by atoms with Gasteiger partial charge >= 0.3 is 0 Å². The molecule has 0 aliphatic rings. The maximum Gasteiger partial charge on any atom is 0.221 e. The van der Waals surface area contributed by atoms with Crippen LogP contribution >= 0.6 is 0 Å². The quantitative estimate of drug-likeness (QED) is 0.534. The zero-order valence-corrected chi connectivity index (χ0v) is 15.4. The number of rotatable bonds is 10. The van der Waals surface area contributed by atoms with E-state index in [2.05, 4.69) is 59.2 Å². The third kappa shape index (κ3) is 6.12. The van der Waals surface area contributed by atoms with Crippen LogP contribution < -0.4 is 10.6 Å². The van der Waals surface area contributed by atoms with Gasteiger partial charge in [0.2, 0.25) is 5.91 Å². The minimum absolute atomic E-state index is 0.0711. The molecule has 4 heteroatoms. The van der Waals surface area contributed by atoms with Crippen LogP contribution in [0.3, 0.4) is 0 Å². The number of furan rings is 1. The van der Waals surface area contributed by atoms with Crippen molar-refractivity contribution in [2.75, 3.05) is 13.1 Å². The molecule has 0 fully saturated rings. The molecule has 1 heterocycles. The van der Waals surface area contributed by atoms with Crippen LogP contribution in [0.25, 0.3) is 0 Å². The highest BCUT2D eigenvalue weighted by molar-refractivity contribution is 5.76. The lowest BCUT2D eigenvalue weighted by atomic mass is 9.88. The van der Waals surface area contributed by atoms with Crippen molar-refractivity contribution in [3.63, 3.8) is 0 Å². The Hall–Kier alpha value is -2.85. The second-order valence-corrected chi connectivity index (χ2v) is 6.52. The van der Waals surface area contributed by atoms with Gasteiger partial charge in [0.25, 0.3) is 0 Å². The first kappa shape index (κ1) is 18.9. The van der Waals surface area contributed by atoms with Crippen LogP contribution in [0.5, 0.6) is 0 Å². The van der Waals surface area contributed by atoms with Gasteiger partial charge < -0.3 is 15.1 Å². The van der Waals surface area contributed by atoms with E-state index in [0.717, 1.165) is 12.2 Å². The van der Waals surface area contributed by atoms with Gasteiger partial charge in [-0.25, -0.2) is 0 Å². The molecular weight excluding hydrogens is 336 g/mol. The van der Waals surface area contributed by atoms with Crippen molar-refractivity contribution in [2.45, 2.75) is 25.3 Å². The molecule has 1 amide bonds. The minimum Gasteiger partial charge on any atom is -0.468 e. The first-order valence-corrected chi connectivity index (χ1v) is 9.42. The summed E-state index contributed by atoms with van der Waals surface area (Å²) in [5, 5.41) is 6.26. The highest BCUT2D eigenvalue weighted by Crippen LogP contribution is 2.27. The molecule has 2 aromatic carbocycles. The Bertz CT molecular complexity index is 746. The molecule has 0 saturated carbocycles. The SMILES string of the molecule is O=C(CCNCc1ccco1)NCCC(c1ccccc1)c1ccccc1. The maximum absolute atomic E-state index is 12.1. The average molecular weight is 362 g/mol. The second-order valence-electron chi connectivity index (χ2n) is 6.52. The molecule has 4 nitrogen and oxygen atoms in total. The molecule has 0 aliphatic heterocycles. The van der Waals surface area contributed by atoms with Crippen molar-refractivity contribution >= 4 is 5.91 Å². The van der Waals surface area contributed by atoms with Gasteiger partial charge in [-0.3, -0.25) is 4.79 Å². The zero-order chi connectivity index (χ0) is 18.7. The fourth-order valence-electron chi connectivity index (χ4n) is 3.17. The van der Waals surface area contributed by atoms with E-state index in [1.807, 2.05) is 24.3 Å². The Labute approximate surface area is 160 Å². The molecule has 0 saturated heterocycles. The van der Waals surface area contributed by atoms with Crippen molar-refractivity contribution in [3.8, 4) is 0 Å². The van der Waals surface area contributed by atoms with E-state index in [0.29, 0.717) is 26.1 Å². The Balaban J connectivity index is 1.44. The molecule has 0 aliphatic carbocycles. The van der Waals surface area contributed by atoms with Gasteiger partial charge in [0.1, 0.15) is 5.76 Å². The molecule has 0 radical (unpaired) electrons. The molecule has 0 spiro atoms. The average Bonchev–Trinajstić information content (AvgIpc) is 3.23. The fourth-order valence-corrected chi connectivity index (χ4v) is 3.17. The maximum atomic E-state index is 12.1. The van der Waals surface area contributed by atoms with Gasteiger partial charge in [0, 0.05) is 25.4 Å². The van der Waals surface area contributed by atoms with E-state index in [4.69, 9.17) is 4.42 Å². The normalized spacial score (nSPS) is 10.9. The van der Waals surface area contributed by atoms with E-state index in [1.165, 1.54) is 11.1 Å². The van der Waals surface area contributed by atoms with E-state index >= 15 is 0 Å². The van der Waals surface area contributed by atoms with Crippen molar-refractivity contribution in [3.05, 3.63) is 95.9 Å². The number of carbonyl (C=O) groups is 1. The summed E-state index contributed by atoms with van der Waals surface area (Å²) < 4.78 is 5.25. The lowest BCUT2D eigenvalue weighted by Gasteiger charge is -2.18. The summed E-state index contributed by atoms with van der Waals surface area (Å²) in [7, 11) is 0. The molecule has 140 valence electrons. The second kappa shape index (κ2) is 10.3. The summed E-state index contributed by atoms with van der Waals surface area (Å²) in [6.45, 7) is 1.93. The fraction of sp³-hybridized carbons (Fsp3) is 0.261. The molecule has 0 bridgehead atoms. The van der Waals surface area contributed by atoms with Crippen molar-refractivity contribution < 1.29 is 9.21 Å². The molecule has 2 N–H and O–H groups in total. The van der Waals surface area contributed by atoms with Gasteiger partial charge in [0.05, 0.1) is 12.8 Å². The van der Waals surface area contributed by atoms with E-state index < -0.39 is 0 Å². The van der Waals surface area contributed by atoms with Gasteiger partial charge in [-0.1, -0.05) is 60.7 Å². The largest absolute Gasteiger partial charge is 0.468 e. The van der Waals surface area contributed by atoms with Crippen LogP contribution in [0.4, 0.5) is 0 Å². The van der Waals surface area contributed by atoms with Gasteiger partial charge in [-0.2, -0.15) is 0 Å². The third-order valence-corrected chi connectivity index (χ3v) is 4.57. The lowest BCUT2D eigenvalue weighted by Crippen LogP contribution is -2.29. The van der Waals surface area contributed by atoms with Gasteiger partial charge in [0.15, 0.2) is 0 Å². The molecule has 3 rings (SSSR count). The number of amides is 1. The first-order chi connectivity index (χ1) is 13.3. The molecule has 0 atom stereocenters. The van der Waals surface area contributed by atoms with Crippen LogP contribution in [0.1, 0.15) is 35.6 Å². The minimum atomic E-state index is 0.0711. The van der Waals surface area contributed by atoms with Gasteiger partial charge in [-0.05, 0) is 29.7 Å². The molecular formula is C23H26N2O2. The summed E-state index contributed by atoms with van der Waals surface area (Å²) in [5.74, 6) is 1.23. The topological polar surface area (TPSA) is 54.3 Å².